The van der Waals surface area contributed by atoms with Gasteiger partial charge in [0.25, 0.3) is 15.2 Å². The van der Waals surface area contributed by atoms with Crippen LogP contribution in [0.2, 0.25) is 0 Å². The van der Waals surface area contributed by atoms with Gasteiger partial charge in [0.15, 0.2) is 5.78 Å². The lowest BCUT2D eigenvalue weighted by Gasteiger charge is -2.18. The highest BCUT2D eigenvalue weighted by atomic mass is 32.2. The maximum Gasteiger partial charge on any atom is 0.282 e. The summed E-state index contributed by atoms with van der Waals surface area (Å²) in [6.45, 7) is 5.47. The smallest absolute Gasteiger partial charge is 0.282 e. The standard InChI is InChI=1S/C15H24N5O4S/c1-10(2)6-7-14(22)17-12-5-4-8-20(9-13(12)21)25(23,24)15-16-11(3)18-19-15/h7,10,12H,4-6,8-9H2,1-3H3,(H,17,22)(H,16,18,19)/t12-/m0/s1. The zero-order valence-corrected chi connectivity index (χ0v) is 15.5. The van der Waals surface area contributed by atoms with Crippen LogP contribution in [-0.4, -0.2) is 58.7 Å². The van der Waals surface area contributed by atoms with E-state index in [1.165, 1.54) is 6.42 Å². The number of amides is 1. The van der Waals surface area contributed by atoms with Gasteiger partial charge in [0.05, 0.1) is 12.6 Å². The van der Waals surface area contributed by atoms with E-state index in [0.717, 1.165) is 4.31 Å². The third-order valence-corrected chi connectivity index (χ3v) is 5.50. The fraction of sp³-hybridized carbons (Fsp3) is 0.667. The number of ketones is 1. The van der Waals surface area contributed by atoms with Gasteiger partial charge in [0, 0.05) is 13.0 Å². The maximum atomic E-state index is 12.5. The molecule has 1 amide bonds. The molecule has 1 atom stereocenters. The molecule has 1 aliphatic rings. The van der Waals surface area contributed by atoms with E-state index in [-0.39, 0.29) is 29.9 Å². The molecule has 2 N–H and O–H groups in total. The predicted octanol–water partition coefficient (Wildman–Crippen LogP) is 0.202. The number of Topliss-reactive ketones (excluding diaryl/α,β-unsaturated/α-hetero) is 1. The van der Waals surface area contributed by atoms with Crippen LogP contribution in [0.5, 0.6) is 0 Å². The van der Waals surface area contributed by atoms with Crippen molar-refractivity contribution in [3.8, 4) is 0 Å². The highest BCUT2D eigenvalue weighted by molar-refractivity contribution is 7.89. The predicted molar refractivity (Wildman–Crippen MR) is 89.8 cm³/mol. The maximum absolute atomic E-state index is 12.5. The summed E-state index contributed by atoms with van der Waals surface area (Å²) >= 11 is 0. The molecule has 0 saturated carbocycles. The molecule has 1 fully saturated rings. The number of aromatic amines is 1. The van der Waals surface area contributed by atoms with E-state index in [1.54, 1.807) is 6.92 Å². The Labute approximate surface area is 147 Å². The number of aryl methyl sites for hydroxylation is 1. The molecule has 1 radical (unpaired) electrons. The zero-order valence-electron chi connectivity index (χ0n) is 14.7. The zero-order chi connectivity index (χ0) is 18.6. The van der Waals surface area contributed by atoms with Gasteiger partial charge < -0.3 is 5.32 Å². The lowest BCUT2D eigenvalue weighted by molar-refractivity contribution is -0.126. The molecule has 1 aliphatic heterocycles. The summed E-state index contributed by atoms with van der Waals surface area (Å²) < 4.78 is 26.2. The first-order valence-electron chi connectivity index (χ1n) is 8.25. The second-order valence-corrected chi connectivity index (χ2v) is 8.38. The number of carbonyl (C=O) groups is 2. The van der Waals surface area contributed by atoms with Crippen LogP contribution in [0, 0.1) is 19.3 Å². The molecule has 1 aromatic rings. The normalized spacial score (nSPS) is 19.8. The lowest BCUT2D eigenvalue weighted by atomic mass is 10.1. The summed E-state index contributed by atoms with van der Waals surface area (Å²) in [6.07, 6.45) is 3.01. The van der Waals surface area contributed by atoms with Crippen LogP contribution >= 0.6 is 0 Å². The van der Waals surface area contributed by atoms with Crippen LogP contribution in [0.15, 0.2) is 5.16 Å². The number of aromatic nitrogens is 3. The van der Waals surface area contributed by atoms with Crippen molar-refractivity contribution < 1.29 is 18.0 Å². The Kier molecular flexibility index (Phi) is 6.28. The lowest BCUT2D eigenvalue weighted by Crippen LogP contribution is -2.44. The number of hydrogen-bond acceptors (Lipinski definition) is 6. The molecular formula is C15H24N5O4S. The molecule has 0 unspecified atom stereocenters. The molecule has 2 rings (SSSR count). The van der Waals surface area contributed by atoms with Crippen LogP contribution in [0.3, 0.4) is 0 Å². The number of hydrogen-bond donors (Lipinski definition) is 2. The molecule has 2 heterocycles. The van der Waals surface area contributed by atoms with Crippen molar-refractivity contribution in [3.63, 3.8) is 0 Å². The van der Waals surface area contributed by atoms with Gasteiger partial charge in [-0.2, -0.15) is 4.31 Å². The summed E-state index contributed by atoms with van der Waals surface area (Å²) in [7, 11) is -3.93. The second-order valence-electron chi connectivity index (χ2n) is 6.55. The quantitative estimate of drug-likeness (QED) is 0.737. The molecule has 25 heavy (non-hydrogen) atoms. The highest BCUT2D eigenvalue weighted by Gasteiger charge is 2.34. The van der Waals surface area contributed by atoms with Gasteiger partial charge in [0.2, 0.25) is 5.91 Å². The van der Waals surface area contributed by atoms with Crippen molar-refractivity contribution in [2.75, 3.05) is 13.1 Å². The Hall–Kier alpha value is -1.81. The summed E-state index contributed by atoms with van der Waals surface area (Å²) in [5, 5.41) is 8.50. The minimum atomic E-state index is -3.93. The summed E-state index contributed by atoms with van der Waals surface area (Å²) in [5.41, 5.74) is 0. The van der Waals surface area contributed by atoms with Crippen molar-refractivity contribution in [3.05, 3.63) is 12.2 Å². The number of rotatable bonds is 6. The third kappa shape index (κ3) is 5.08. The fourth-order valence-corrected chi connectivity index (χ4v) is 3.79. The van der Waals surface area contributed by atoms with Crippen molar-refractivity contribution in [2.24, 2.45) is 5.92 Å². The Balaban J connectivity index is 2.02. The summed E-state index contributed by atoms with van der Waals surface area (Å²) in [4.78, 5) is 28.1. The first-order chi connectivity index (χ1) is 11.7. The Bertz CT molecular complexity index is 728. The van der Waals surface area contributed by atoms with E-state index >= 15 is 0 Å². The minimum absolute atomic E-state index is 0.184. The highest BCUT2D eigenvalue weighted by Crippen LogP contribution is 2.17. The molecule has 0 bridgehead atoms. The van der Waals surface area contributed by atoms with Gasteiger partial charge in [-0.15, -0.1) is 5.10 Å². The van der Waals surface area contributed by atoms with E-state index < -0.39 is 16.1 Å². The second kappa shape index (κ2) is 8.05. The molecule has 1 aromatic heterocycles. The van der Waals surface area contributed by atoms with E-state index in [2.05, 4.69) is 20.5 Å². The van der Waals surface area contributed by atoms with Crippen LogP contribution in [0.25, 0.3) is 0 Å². The first kappa shape index (κ1) is 19.5. The molecule has 10 heteroatoms. The van der Waals surface area contributed by atoms with Gasteiger partial charge in [0.1, 0.15) is 5.82 Å². The van der Waals surface area contributed by atoms with E-state index in [1.807, 2.05) is 13.8 Å². The number of sulfonamides is 1. The molecular weight excluding hydrogens is 346 g/mol. The van der Waals surface area contributed by atoms with Gasteiger partial charge in [-0.3, -0.25) is 14.7 Å². The van der Waals surface area contributed by atoms with Crippen molar-refractivity contribution in [2.45, 2.75) is 51.2 Å². The van der Waals surface area contributed by atoms with Crippen molar-refractivity contribution in [1.82, 2.24) is 24.8 Å². The van der Waals surface area contributed by atoms with E-state index in [9.17, 15) is 18.0 Å². The molecule has 9 nitrogen and oxygen atoms in total. The average molecular weight is 370 g/mol. The van der Waals surface area contributed by atoms with E-state index in [0.29, 0.717) is 31.0 Å². The first-order valence-corrected chi connectivity index (χ1v) is 9.69. The summed E-state index contributed by atoms with van der Waals surface area (Å²) in [5.74, 6) is 0.0964. The number of nitrogens with zero attached hydrogens (tertiary/aromatic N) is 3. The largest absolute Gasteiger partial charge is 0.346 e. The monoisotopic (exact) mass is 370 g/mol. The van der Waals surface area contributed by atoms with Crippen LogP contribution in [0.1, 0.15) is 38.9 Å². The molecule has 0 spiro atoms. The Morgan fingerprint density at radius 3 is 2.80 bits per heavy atom. The number of nitrogens with one attached hydrogen (secondary N) is 2. The van der Waals surface area contributed by atoms with E-state index in [4.69, 9.17) is 0 Å². The number of carbonyl (C=O) groups excluding carboxylic acids is 2. The van der Waals surface area contributed by atoms with Gasteiger partial charge in [-0.1, -0.05) is 13.8 Å². The Morgan fingerprint density at radius 2 is 2.20 bits per heavy atom. The van der Waals surface area contributed by atoms with Crippen LogP contribution < -0.4 is 5.32 Å². The molecule has 0 aromatic carbocycles. The minimum Gasteiger partial charge on any atom is -0.346 e. The number of H-pyrrole nitrogens is 1. The Morgan fingerprint density at radius 1 is 1.48 bits per heavy atom. The SMILES string of the molecule is Cc1nc(S(=O)(=O)N2CCC[C@H](NC(=O)[CH]CC(C)C)C(=O)C2)n[nH]1. The molecule has 1 saturated heterocycles. The fourth-order valence-electron chi connectivity index (χ4n) is 2.48. The topological polar surface area (TPSA) is 125 Å². The molecule has 139 valence electrons. The molecule has 0 aliphatic carbocycles. The van der Waals surface area contributed by atoms with Gasteiger partial charge in [-0.05, 0) is 32.1 Å². The van der Waals surface area contributed by atoms with Crippen LogP contribution in [0.4, 0.5) is 0 Å². The van der Waals surface area contributed by atoms with Gasteiger partial charge in [-0.25, -0.2) is 13.4 Å². The average Bonchev–Trinajstić information content (AvgIpc) is 2.89. The summed E-state index contributed by atoms with van der Waals surface area (Å²) in [6, 6.07) is -0.676. The van der Waals surface area contributed by atoms with Crippen molar-refractivity contribution >= 4 is 21.7 Å². The van der Waals surface area contributed by atoms with Crippen molar-refractivity contribution in [1.29, 1.82) is 0 Å². The third-order valence-electron chi connectivity index (χ3n) is 3.86. The van der Waals surface area contributed by atoms with Gasteiger partial charge >= 0.3 is 0 Å². The van der Waals surface area contributed by atoms with Crippen LogP contribution in [-0.2, 0) is 19.6 Å².